The molecule has 0 unspecified atom stereocenters. The monoisotopic (exact) mass is 327 g/mol. The van der Waals surface area contributed by atoms with Gasteiger partial charge < -0.3 is 11.1 Å². The molecule has 0 radical (unpaired) electrons. The average molecular weight is 328 g/mol. The number of hydrogen-bond donors (Lipinski definition) is 2. The number of anilines is 2. The molecule has 0 saturated carbocycles. The van der Waals surface area contributed by atoms with Crippen LogP contribution in [0.25, 0.3) is 10.9 Å². The molecule has 3 N–H and O–H groups in total. The molecule has 0 atom stereocenters. The van der Waals surface area contributed by atoms with Gasteiger partial charge in [-0.05, 0) is 23.8 Å². The van der Waals surface area contributed by atoms with E-state index < -0.39 is 0 Å². The summed E-state index contributed by atoms with van der Waals surface area (Å²) in [5.41, 5.74) is 9.75. The van der Waals surface area contributed by atoms with Crippen molar-refractivity contribution in [3.05, 3.63) is 64.8 Å². The van der Waals surface area contributed by atoms with Crippen molar-refractivity contribution in [2.75, 3.05) is 11.1 Å². The van der Waals surface area contributed by atoms with Crippen LogP contribution in [-0.4, -0.2) is 4.98 Å². The van der Waals surface area contributed by atoms with Crippen molar-refractivity contribution in [3.63, 3.8) is 0 Å². The Morgan fingerprint density at radius 3 is 2.75 bits per heavy atom. The van der Waals surface area contributed by atoms with Gasteiger partial charge in [-0.2, -0.15) is 0 Å². The molecule has 0 aliphatic carbocycles. The van der Waals surface area contributed by atoms with E-state index in [2.05, 4.69) is 32.3 Å². The van der Waals surface area contributed by atoms with Crippen LogP contribution in [-0.2, 0) is 6.54 Å². The summed E-state index contributed by atoms with van der Waals surface area (Å²) >= 11 is 3.56. The Labute approximate surface area is 126 Å². The molecule has 20 heavy (non-hydrogen) atoms. The van der Waals surface area contributed by atoms with Crippen molar-refractivity contribution in [3.8, 4) is 0 Å². The van der Waals surface area contributed by atoms with Gasteiger partial charge in [0.15, 0.2) is 0 Å². The van der Waals surface area contributed by atoms with Crippen molar-refractivity contribution in [2.45, 2.75) is 6.54 Å². The lowest BCUT2D eigenvalue weighted by Gasteiger charge is -2.11. The summed E-state index contributed by atoms with van der Waals surface area (Å²) in [6.45, 7) is 0.745. The Kier molecular flexibility index (Phi) is 3.56. The minimum Gasteiger partial charge on any atom is -0.397 e. The number of aromatic nitrogens is 1. The molecule has 4 heteroatoms. The van der Waals surface area contributed by atoms with Gasteiger partial charge in [-0.1, -0.05) is 46.3 Å². The van der Waals surface area contributed by atoms with Gasteiger partial charge in [0.2, 0.25) is 0 Å². The summed E-state index contributed by atoms with van der Waals surface area (Å²) in [4.78, 5) is 4.34. The van der Waals surface area contributed by atoms with Crippen LogP contribution in [0.4, 0.5) is 11.4 Å². The molecule has 0 aliphatic rings. The van der Waals surface area contributed by atoms with E-state index in [1.54, 1.807) is 6.20 Å². The highest BCUT2D eigenvalue weighted by Crippen LogP contribution is 2.26. The first-order chi connectivity index (χ1) is 9.75. The van der Waals surface area contributed by atoms with E-state index in [0.29, 0.717) is 5.69 Å². The second kappa shape index (κ2) is 5.51. The van der Waals surface area contributed by atoms with Gasteiger partial charge in [0.1, 0.15) is 0 Å². The van der Waals surface area contributed by atoms with E-state index in [-0.39, 0.29) is 0 Å². The number of nitrogens with one attached hydrogen (secondary N) is 1. The van der Waals surface area contributed by atoms with E-state index in [1.165, 1.54) is 5.56 Å². The fourth-order valence-corrected chi connectivity index (χ4v) is 2.61. The van der Waals surface area contributed by atoms with E-state index in [9.17, 15) is 0 Å². The number of pyridine rings is 1. The van der Waals surface area contributed by atoms with Crippen molar-refractivity contribution in [1.82, 2.24) is 4.98 Å². The van der Waals surface area contributed by atoms with Crippen LogP contribution in [0, 0.1) is 0 Å². The normalized spacial score (nSPS) is 10.7. The van der Waals surface area contributed by atoms with Crippen molar-refractivity contribution in [2.24, 2.45) is 0 Å². The number of nitrogens with two attached hydrogens (primary N) is 1. The second-order valence-corrected chi connectivity index (χ2v) is 5.40. The van der Waals surface area contributed by atoms with Gasteiger partial charge in [0.05, 0.1) is 11.2 Å². The first-order valence-corrected chi connectivity index (χ1v) is 7.15. The van der Waals surface area contributed by atoms with Crippen LogP contribution in [0.1, 0.15) is 5.56 Å². The average Bonchev–Trinajstić information content (AvgIpc) is 2.47. The fourth-order valence-electron chi connectivity index (χ4n) is 2.19. The lowest BCUT2D eigenvalue weighted by atomic mass is 10.1. The lowest BCUT2D eigenvalue weighted by Crippen LogP contribution is -2.01. The maximum absolute atomic E-state index is 5.96. The molecule has 0 fully saturated rings. The van der Waals surface area contributed by atoms with Crippen LogP contribution in [0.15, 0.2) is 59.2 Å². The molecular formula is C16H14BrN3. The summed E-state index contributed by atoms with van der Waals surface area (Å²) in [6, 6.07) is 16.0. The number of halogens is 1. The highest BCUT2D eigenvalue weighted by molar-refractivity contribution is 9.10. The molecule has 3 rings (SSSR count). The van der Waals surface area contributed by atoms with E-state index >= 15 is 0 Å². The smallest absolute Gasteiger partial charge is 0.0951 e. The Morgan fingerprint density at radius 2 is 1.90 bits per heavy atom. The van der Waals surface area contributed by atoms with Crippen LogP contribution in [0.3, 0.4) is 0 Å². The number of hydrogen-bond acceptors (Lipinski definition) is 3. The molecule has 0 aliphatic heterocycles. The van der Waals surface area contributed by atoms with Gasteiger partial charge in [-0.15, -0.1) is 0 Å². The third-order valence-corrected chi connectivity index (χ3v) is 4.00. The Hall–Kier alpha value is -2.07. The van der Waals surface area contributed by atoms with Gasteiger partial charge in [0.25, 0.3) is 0 Å². The molecule has 100 valence electrons. The van der Waals surface area contributed by atoms with Crippen molar-refractivity contribution >= 4 is 38.2 Å². The first kappa shape index (κ1) is 12.9. The standard InChI is InChI=1S/C16H14BrN3/c17-13-6-2-1-4-11(13)10-20-15-8-9-19-16-12(15)5-3-7-14(16)18/h1-9H,10,18H2,(H,19,20). The Morgan fingerprint density at radius 1 is 1.05 bits per heavy atom. The number of para-hydroxylation sites is 1. The Balaban J connectivity index is 1.92. The zero-order valence-corrected chi connectivity index (χ0v) is 12.4. The molecule has 0 bridgehead atoms. The van der Waals surface area contributed by atoms with Gasteiger partial charge in [0, 0.05) is 28.3 Å². The molecule has 0 amide bonds. The SMILES string of the molecule is Nc1cccc2c(NCc3ccccc3Br)ccnc12. The summed E-state index contributed by atoms with van der Waals surface area (Å²) in [5, 5.41) is 4.49. The predicted octanol–water partition coefficient (Wildman–Crippen LogP) is 4.19. The van der Waals surface area contributed by atoms with E-state index in [1.807, 2.05) is 42.5 Å². The van der Waals surface area contributed by atoms with Crippen LogP contribution in [0.5, 0.6) is 0 Å². The molecule has 2 aromatic carbocycles. The summed E-state index contributed by atoms with van der Waals surface area (Å²) in [7, 11) is 0. The minimum absolute atomic E-state index is 0.701. The second-order valence-electron chi connectivity index (χ2n) is 4.55. The highest BCUT2D eigenvalue weighted by Gasteiger charge is 2.05. The number of fused-ring (bicyclic) bond motifs is 1. The van der Waals surface area contributed by atoms with E-state index in [0.717, 1.165) is 27.6 Å². The maximum Gasteiger partial charge on any atom is 0.0951 e. The largest absolute Gasteiger partial charge is 0.397 e. The number of benzene rings is 2. The lowest BCUT2D eigenvalue weighted by molar-refractivity contribution is 1.14. The first-order valence-electron chi connectivity index (χ1n) is 6.36. The zero-order chi connectivity index (χ0) is 13.9. The predicted molar refractivity (Wildman–Crippen MR) is 87.6 cm³/mol. The molecule has 3 aromatic rings. The molecular weight excluding hydrogens is 314 g/mol. The van der Waals surface area contributed by atoms with Gasteiger partial charge in [-0.25, -0.2) is 0 Å². The zero-order valence-electron chi connectivity index (χ0n) is 10.8. The fraction of sp³-hybridized carbons (Fsp3) is 0.0625. The Bertz CT molecular complexity index is 756. The molecule has 1 heterocycles. The third kappa shape index (κ3) is 2.47. The van der Waals surface area contributed by atoms with Crippen molar-refractivity contribution < 1.29 is 0 Å². The van der Waals surface area contributed by atoms with Crippen LogP contribution in [0.2, 0.25) is 0 Å². The molecule has 0 saturated heterocycles. The topological polar surface area (TPSA) is 50.9 Å². The maximum atomic E-state index is 5.96. The summed E-state index contributed by atoms with van der Waals surface area (Å²) in [5.74, 6) is 0. The van der Waals surface area contributed by atoms with Gasteiger partial charge >= 0.3 is 0 Å². The quantitative estimate of drug-likeness (QED) is 0.709. The summed E-state index contributed by atoms with van der Waals surface area (Å²) < 4.78 is 1.10. The molecule has 1 aromatic heterocycles. The summed E-state index contributed by atoms with van der Waals surface area (Å²) in [6.07, 6.45) is 1.78. The van der Waals surface area contributed by atoms with Crippen LogP contribution < -0.4 is 11.1 Å². The molecule has 0 spiro atoms. The van der Waals surface area contributed by atoms with E-state index in [4.69, 9.17) is 5.73 Å². The molecule has 3 nitrogen and oxygen atoms in total. The highest BCUT2D eigenvalue weighted by atomic mass is 79.9. The van der Waals surface area contributed by atoms with Crippen molar-refractivity contribution in [1.29, 1.82) is 0 Å². The number of rotatable bonds is 3. The number of nitrogen functional groups attached to an aromatic ring is 1. The number of nitrogens with zero attached hydrogens (tertiary/aromatic N) is 1. The third-order valence-electron chi connectivity index (χ3n) is 3.23. The van der Waals surface area contributed by atoms with Crippen LogP contribution >= 0.6 is 15.9 Å². The van der Waals surface area contributed by atoms with Gasteiger partial charge in [-0.3, -0.25) is 4.98 Å². The minimum atomic E-state index is 0.701.